The van der Waals surface area contributed by atoms with Gasteiger partial charge in [0.15, 0.2) is 0 Å². The predicted molar refractivity (Wildman–Crippen MR) is 82.4 cm³/mol. The number of hydrogen-bond donors (Lipinski definition) is 0. The molecule has 2 rings (SSSR count). The van der Waals surface area contributed by atoms with Crippen molar-refractivity contribution in [2.75, 3.05) is 21.3 Å². The summed E-state index contributed by atoms with van der Waals surface area (Å²) in [4.78, 5) is 31.3. The highest BCUT2D eigenvalue weighted by molar-refractivity contribution is 6.09. The molecule has 0 saturated carbocycles. The first-order chi connectivity index (χ1) is 11.5. The fourth-order valence-electron chi connectivity index (χ4n) is 2.10. The molecule has 0 radical (unpaired) electrons. The van der Waals surface area contributed by atoms with Gasteiger partial charge < -0.3 is 14.2 Å². The number of rotatable bonds is 7. The Bertz CT molecular complexity index is 756. The van der Waals surface area contributed by atoms with Gasteiger partial charge in [-0.15, -0.1) is 0 Å². The standard InChI is InChI=1S/C15H15N3O6/c1-22-8-9-5-4-6-10(13(9)18(20)21)14(19)15-16-11(23-2)7-12(17-15)24-3/h4-7H,8H2,1-3H3. The number of carbonyl (C=O) groups excluding carboxylic acids is 1. The third-order valence-electron chi connectivity index (χ3n) is 3.15. The topological polar surface area (TPSA) is 114 Å². The molecule has 9 nitrogen and oxygen atoms in total. The second kappa shape index (κ2) is 7.47. The number of methoxy groups -OCH3 is 3. The summed E-state index contributed by atoms with van der Waals surface area (Å²) in [7, 11) is 4.16. The fourth-order valence-corrected chi connectivity index (χ4v) is 2.10. The maximum absolute atomic E-state index is 12.7. The first-order valence-corrected chi connectivity index (χ1v) is 6.78. The Labute approximate surface area is 137 Å². The summed E-state index contributed by atoms with van der Waals surface area (Å²) in [5.41, 5.74) is -0.192. The van der Waals surface area contributed by atoms with Gasteiger partial charge >= 0.3 is 0 Å². The van der Waals surface area contributed by atoms with E-state index in [2.05, 4.69) is 9.97 Å². The first kappa shape index (κ1) is 17.3. The third kappa shape index (κ3) is 3.46. The Morgan fingerprint density at radius 1 is 1.17 bits per heavy atom. The van der Waals surface area contributed by atoms with Crippen LogP contribution < -0.4 is 9.47 Å². The number of ether oxygens (including phenoxy) is 3. The van der Waals surface area contributed by atoms with Crippen molar-refractivity contribution in [2.45, 2.75) is 6.61 Å². The molecule has 126 valence electrons. The lowest BCUT2D eigenvalue weighted by Gasteiger charge is -2.08. The van der Waals surface area contributed by atoms with Crippen molar-refractivity contribution in [3.05, 3.63) is 51.3 Å². The smallest absolute Gasteiger partial charge is 0.286 e. The highest BCUT2D eigenvalue weighted by Crippen LogP contribution is 2.27. The summed E-state index contributed by atoms with van der Waals surface area (Å²) >= 11 is 0. The van der Waals surface area contributed by atoms with Crippen LogP contribution in [0, 0.1) is 10.1 Å². The molecule has 0 aliphatic heterocycles. The van der Waals surface area contributed by atoms with Crippen LogP contribution >= 0.6 is 0 Å². The summed E-state index contributed by atoms with van der Waals surface area (Å²) in [5, 5.41) is 11.4. The Morgan fingerprint density at radius 2 is 1.79 bits per heavy atom. The van der Waals surface area contributed by atoms with Crippen LogP contribution in [0.3, 0.4) is 0 Å². The van der Waals surface area contributed by atoms with Crippen LogP contribution in [-0.2, 0) is 11.3 Å². The summed E-state index contributed by atoms with van der Waals surface area (Å²) in [6.07, 6.45) is 0. The first-order valence-electron chi connectivity index (χ1n) is 6.78. The zero-order valence-corrected chi connectivity index (χ0v) is 13.3. The van der Waals surface area contributed by atoms with E-state index in [0.29, 0.717) is 0 Å². The second-order valence-corrected chi connectivity index (χ2v) is 4.61. The minimum absolute atomic E-state index is 0.000275. The highest BCUT2D eigenvalue weighted by Gasteiger charge is 2.27. The molecule has 0 amide bonds. The van der Waals surface area contributed by atoms with Crippen LogP contribution in [0.15, 0.2) is 24.3 Å². The van der Waals surface area contributed by atoms with E-state index < -0.39 is 10.7 Å². The van der Waals surface area contributed by atoms with Crippen molar-refractivity contribution in [2.24, 2.45) is 0 Å². The van der Waals surface area contributed by atoms with Gasteiger partial charge in [-0.3, -0.25) is 14.9 Å². The number of hydrogen-bond acceptors (Lipinski definition) is 8. The summed E-state index contributed by atoms with van der Waals surface area (Å²) in [6.45, 7) is -0.000275. The monoisotopic (exact) mass is 333 g/mol. The third-order valence-corrected chi connectivity index (χ3v) is 3.15. The molecule has 0 fully saturated rings. The largest absolute Gasteiger partial charge is 0.481 e. The van der Waals surface area contributed by atoms with E-state index in [1.807, 2.05) is 0 Å². The molecule has 1 aromatic heterocycles. The number of para-hydroxylation sites is 1. The van der Waals surface area contributed by atoms with Crippen molar-refractivity contribution in [1.29, 1.82) is 0 Å². The second-order valence-electron chi connectivity index (χ2n) is 4.61. The number of benzene rings is 1. The molecule has 9 heteroatoms. The van der Waals surface area contributed by atoms with Crippen LogP contribution in [0.4, 0.5) is 5.69 Å². The van der Waals surface area contributed by atoms with Crippen molar-refractivity contribution < 1.29 is 23.9 Å². The van der Waals surface area contributed by atoms with Gasteiger partial charge in [0, 0.05) is 7.11 Å². The van der Waals surface area contributed by atoms with E-state index in [1.165, 1.54) is 45.6 Å². The molecule has 0 unspecified atom stereocenters. The minimum atomic E-state index is -0.711. The van der Waals surface area contributed by atoms with E-state index >= 15 is 0 Å². The molecule has 0 aliphatic carbocycles. The summed E-state index contributed by atoms with van der Waals surface area (Å²) in [6, 6.07) is 5.79. The molecule has 0 aliphatic rings. The Balaban J connectivity index is 2.58. The lowest BCUT2D eigenvalue weighted by atomic mass is 10.0. The van der Waals surface area contributed by atoms with Gasteiger partial charge in [-0.05, 0) is 12.1 Å². The fraction of sp³-hybridized carbons (Fsp3) is 0.267. The number of carbonyl (C=O) groups is 1. The maximum atomic E-state index is 12.7. The molecule has 0 N–H and O–H groups in total. The maximum Gasteiger partial charge on any atom is 0.286 e. The Morgan fingerprint density at radius 3 is 2.29 bits per heavy atom. The molecule has 0 saturated heterocycles. The number of nitro groups is 1. The van der Waals surface area contributed by atoms with Crippen molar-refractivity contribution in [3.63, 3.8) is 0 Å². The normalized spacial score (nSPS) is 10.3. The molecule has 24 heavy (non-hydrogen) atoms. The SMILES string of the molecule is COCc1cccc(C(=O)c2nc(OC)cc(OC)n2)c1[N+](=O)[O-]. The van der Waals surface area contributed by atoms with Gasteiger partial charge in [0.1, 0.15) is 5.56 Å². The quantitative estimate of drug-likeness (QED) is 0.428. The molecule has 0 spiro atoms. The van der Waals surface area contributed by atoms with Crippen LogP contribution in [0.25, 0.3) is 0 Å². The number of ketones is 1. The molecule has 1 aromatic carbocycles. The molecular formula is C15H15N3O6. The van der Waals surface area contributed by atoms with Gasteiger partial charge in [0.05, 0.1) is 37.4 Å². The van der Waals surface area contributed by atoms with E-state index in [0.717, 1.165) is 0 Å². The van der Waals surface area contributed by atoms with E-state index in [9.17, 15) is 14.9 Å². The highest BCUT2D eigenvalue weighted by atomic mass is 16.6. The van der Waals surface area contributed by atoms with E-state index in [-0.39, 0.29) is 41.0 Å². The van der Waals surface area contributed by atoms with Gasteiger partial charge in [-0.25, -0.2) is 0 Å². The van der Waals surface area contributed by atoms with Gasteiger partial charge in [0.2, 0.25) is 23.4 Å². The number of aromatic nitrogens is 2. The van der Waals surface area contributed by atoms with Crippen LogP contribution in [0.2, 0.25) is 0 Å². The molecule has 0 bridgehead atoms. The van der Waals surface area contributed by atoms with Gasteiger partial charge in [-0.1, -0.05) is 6.07 Å². The molecule has 0 atom stereocenters. The van der Waals surface area contributed by atoms with E-state index in [1.54, 1.807) is 0 Å². The van der Waals surface area contributed by atoms with Gasteiger partial charge in [-0.2, -0.15) is 9.97 Å². The number of nitro benzene ring substituents is 1. The summed E-state index contributed by atoms with van der Waals surface area (Å²) < 4.78 is 14.9. The zero-order valence-electron chi connectivity index (χ0n) is 13.3. The van der Waals surface area contributed by atoms with Crippen LogP contribution in [-0.4, -0.2) is 42.0 Å². The molecule has 1 heterocycles. The average molecular weight is 333 g/mol. The molecule has 2 aromatic rings. The van der Waals surface area contributed by atoms with Crippen LogP contribution in [0.5, 0.6) is 11.8 Å². The predicted octanol–water partition coefficient (Wildman–Crippen LogP) is 1.78. The van der Waals surface area contributed by atoms with Crippen molar-refractivity contribution in [1.82, 2.24) is 9.97 Å². The van der Waals surface area contributed by atoms with Crippen molar-refractivity contribution in [3.8, 4) is 11.8 Å². The Hall–Kier alpha value is -3.07. The minimum Gasteiger partial charge on any atom is -0.481 e. The molecular weight excluding hydrogens is 318 g/mol. The summed E-state index contributed by atoms with van der Waals surface area (Å²) in [5.74, 6) is -0.748. The number of nitrogens with zero attached hydrogens (tertiary/aromatic N) is 3. The zero-order chi connectivity index (χ0) is 17.7. The van der Waals surface area contributed by atoms with Crippen molar-refractivity contribution >= 4 is 11.5 Å². The average Bonchev–Trinajstić information content (AvgIpc) is 2.60. The lowest BCUT2D eigenvalue weighted by molar-refractivity contribution is -0.386. The van der Waals surface area contributed by atoms with Gasteiger partial charge in [0.25, 0.3) is 5.69 Å². The van der Waals surface area contributed by atoms with Crippen LogP contribution in [0.1, 0.15) is 21.7 Å². The Kier molecular flexibility index (Phi) is 5.38. The lowest BCUT2D eigenvalue weighted by Crippen LogP contribution is -2.12. The van der Waals surface area contributed by atoms with E-state index in [4.69, 9.17) is 14.2 Å².